The lowest BCUT2D eigenvalue weighted by Crippen LogP contribution is -2.34. The average Bonchev–Trinajstić information content (AvgIpc) is 3.20. The number of furan rings is 1. The first-order valence-corrected chi connectivity index (χ1v) is 7.92. The topological polar surface area (TPSA) is 56.8 Å². The first kappa shape index (κ1) is 15.3. The van der Waals surface area contributed by atoms with Crippen LogP contribution in [-0.2, 0) is 0 Å². The predicted octanol–water partition coefficient (Wildman–Crippen LogP) is 2.90. The highest BCUT2D eigenvalue weighted by molar-refractivity contribution is 5.17. The van der Waals surface area contributed by atoms with Gasteiger partial charge >= 0.3 is 0 Å². The third-order valence-corrected chi connectivity index (χ3v) is 4.46. The average molecular weight is 301 g/mol. The fourth-order valence-corrected chi connectivity index (χ4v) is 3.26. The second-order valence-corrected chi connectivity index (χ2v) is 5.98. The van der Waals surface area contributed by atoms with Crippen molar-refractivity contribution in [1.29, 1.82) is 0 Å². The molecule has 0 spiro atoms. The quantitative estimate of drug-likeness (QED) is 0.861. The first-order valence-electron chi connectivity index (χ1n) is 7.92. The van der Waals surface area contributed by atoms with Gasteiger partial charge in [-0.1, -0.05) is 30.3 Å². The van der Waals surface area contributed by atoms with E-state index in [4.69, 9.17) is 4.42 Å². The number of rotatable bonds is 6. The number of nitrogens with zero attached hydrogens (tertiary/aromatic N) is 1. The molecule has 3 rings (SSSR count). The minimum absolute atomic E-state index is 0.290. The fraction of sp³-hybridized carbons (Fsp3) is 0.444. The van der Waals surface area contributed by atoms with Gasteiger partial charge in [0.2, 0.25) is 0 Å². The zero-order valence-corrected chi connectivity index (χ0v) is 12.6. The third-order valence-electron chi connectivity index (χ3n) is 4.46. The molecule has 0 amide bonds. The molecule has 1 aliphatic heterocycles. The van der Waals surface area contributed by atoms with Crippen LogP contribution in [0.3, 0.4) is 0 Å². The van der Waals surface area contributed by atoms with Gasteiger partial charge in [0.25, 0.3) is 0 Å². The van der Waals surface area contributed by atoms with Gasteiger partial charge in [-0.15, -0.1) is 0 Å². The van der Waals surface area contributed by atoms with Crippen molar-refractivity contribution >= 4 is 0 Å². The summed E-state index contributed by atoms with van der Waals surface area (Å²) < 4.78 is 5.27. The van der Waals surface area contributed by atoms with Crippen molar-refractivity contribution in [1.82, 2.24) is 4.90 Å². The van der Waals surface area contributed by atoms with Gasteiger partial charge in [-0.25, -0.2) is 0 Å². The Kier molecular flexibility index (Phi) is 4.93. The van der Waals surface area contributed by atoms with Crippen molar-refractivity contribution < 1.29 is 14.6 Å². The van der Waals surface area contributed by atoms with Gasteiger partial charge in [-0.05, 0) is 43.5 Å². The summed E-state index contributed by atoms with van der Waals surface area (Å²) in [6.45, 7) is 1.58. The minimum Gasteiger partial charge on any atom is -0.467 e. The summed E-state index contributed by atoms with van der Waals surface area (Å²) in [6, 6.07) is 13.6. The van der Waals surface area contributed by atoms with E-state index in [1.807, 2.05) is 36.4 Å². The van der Waals surface area contributed by atoms with Crippen LogP contribution in [-0.4, -0.2) is 34.2 Å². The lowest BCUT2D eigenvalue weighted by molar-refractivity contribution is 0.0708. The second kappa shape index (κ2) is 7.09. The lowest BCUT2D eigenvalue weighted by atomic mass is 10.0. The molecule has 0 bridgehead atoms. The number of aliphatic hydroxyl groups is 2. The summed E-state index contributed by atoms with van der Waals surface area (Å²) in [5.41, 5.74) is 0.944. The largest absolute Gasteiger partial charge is 0.467 e. The molecule has 2 unspecified atom stereocenters. The second-order valence-electron chi connectivity index (χ2n) is 5.98. The van der Waals surface area contributed by atoms with E-state index in [1.165, 1.54) is 0 Å². The molecule has 2 heterocycles. The number of β-amino-alcohol motifs (C(OH)–C–C–N with tert-alkyl or cyclic N) is 1. The Morgan fingerprint density at radius 1 is 1.09 bits per heavy atom. The van der Waals surface area contributed by atoms with Crippen LogP contribution in [0.1, 0.15) is 42.8 Å². The van der Waals surface area contributed by atoms with E-state index in [-0.39, 0.29) is 0 Å². The van der Waals surface area contributed by atoms with E-state index < -0.39 is 12.2 Å². The molecule has 22 heavy (non-hydrogen) atoms. The maximum Gasteiger partial charge on any atom is 0.132 e. The van der Waals surface area contributed by atoms with Gasteiger partial charge in [-0.2, -0.15) is 0 Å². The molecule has 4 nitrogen and oxygen atoms in total. The van der Waals surface area contributed by atoms with E-state index in [1.54, 1.807) is 12.3 Å². The fourth-order valence-electron chi connectivity index (χ4n) is 3.26. The standard InChI is InChI=1S/C18H23NO3/c20-16(18-9-5-11-22-18)12-15-8-4-10-19(15)13-17(21)14-6-2-1-3-7-14/h1-3,5-7,9,11,15-17,20-21H,4,8,10,12-13H2/t15?,16?,17-/m1/s1. The molecular weight excluding hydrogens is 278 g/mol. The molecule has 1 aromatic carbocycles. The number of benzene rings is 1. The molecule has 1 aromatic heterocycles. The van der Waals surface area contributed by atoms with Crippen molar-refractivity contribution in [3.05, 3.63) is 60.1 Å². The van der Waals surface area contributed by atoms with E-state index in [0.717, 1.165) is 24.9 Å². The highest BCUT2D eigenvalue weighted by Crippen LogP contribution is 2.29. The van der Waals surface area contributed by atoms with Gasteiger partial charge in [0.15, 0.2) is 0 Å². The van der Waals surface area contributed by atoms with Crippen LogP contribution >= 0.6 is 0 Å². The van der Waals surface area contributed by atoms with E-state index >= 15 is 0 Å². The Balaban J connectivity index is 1.59. The van der Waals surface area contributed by atoms with E-state index in [0.29, 0.717) is 24.8 Å². The van der Waals surface area contributed by atoms with Gasteiger partial charge in [-0.3, -0.25) is 4.90 Å². The smallest absolute Gasteiger partial charge is 0.132 e. The van der Waals surface area contributed by atoms with Gasteiger partial charge < -0.3 is 14.6 Å². The van der Waals surface area contributed by atoms with Crippen molar-refractivity contribution in [3.63, 3.8) is 0 Å². The molecule has 2 aromatic rings. The Morgan fingerprint density at radius 2 is 1.91 bits per heavy atom. The Hall–Kier alpha value is -1.62. The molecular formula is C18H23NO3. The normalized spacial score (nSPS) is 21.8. The van der Waals surface area contributed by atoms with Crippen molar-refractivity contribution in [3.8, 4) is 0 Å². The van der Waals surface area contributed by atoms with Crippen LogP contribution in [0.15, 0.2) is 53.1 Å². The van der Waals surface area contributed by atoms with E-state index in [9.17, 15) is 10.2 Å². The molecule has 3 atom stereocenters. The van der Waals surface area contributed by atoms with E-state index in [2.05, 4.69) is 4.90 Å². The van der Waals surface area contributed by atoms with Gasteiger partial charge in [0.1, 0.15) is 11.9 Å². The number of hydrogen-bond donors (Lipinski definition) is 2. The van der Waals surface area contributed by atoms with Crippen LogP contribution in [0.5, 0.6) is 0 Å². The summed E-state index contributed by atoms with van der Waals surface area (Å²) in [7, 11) is 0. The summed E-state index contributed by atoms with van der Waals surface area (Å²) in [6.07, 6.45) is 3.34. The highest BCUT2D eigenvalue weighted by atomic mass is 16.4. The summed E-state index contributed by atoms with van der Waals surface area (Å²) in [5, 5.41) is 20.6. The van der Waals surface area contributed by atoms with Crippen LogP contribution in [0, 0.1) is 0 Å². The van der Waals surface area contributed by atoms with Crippen molar-refractivity contribution in [2.75, 3.05) is 13.1 Å². The summed E-state index contributed by atoms with van der Waals surface area (Å²) >= 11 is 0. The SMILES string of the molecule is OC(CC1CCCN1C[C@@H](O)c1ccccc1)c1ccco1. The molecule has 0 saturated carbocycles. The van der Waals surface area contributed by atoms with Crippen molar-refractivity contribution in [2.45, 2.75) is 37.5 Å². The predicted molar refractivity (Wildman–Crippen MR) is 84.3 cm³/mol. The minimum atomic E-state index is -0.575. The number of likely N-dealkylation sites (tertiary alicyclic amines) is 1. The van der Waals surface area contributed by atoms with Crippen LogP contribution in [0.4, 0.5) is 0 Å². The van der Waals surface area contributed by atoms with Crippen molar-refractivity contribution in [2.24, 2.45) is 0 Å². The lowest BCUT2D eigenvalue weighted by Gasteiger charge is -2.28. The molecule has 1 saturated heterocycles. The molecule has 1 fully saturated rings. The molecule has 0 aliphatic carbocycles. The van der Waals surface area contributed by atoms with Crippen LogP contribution in [0.25, 0.3) is 0 Å². The maximum absolute atomic E-state index is 10.4. The van der Waals surface area contributed by atoms with Crippen LogP contribution in [0.2, 0.25) is 0 Å². The Morgan fingerprint density at radius 3 is 2.64 bits per heavy atom. The first-order chi connectivity index (χ1) is 10.7. The van der Waals surface area contributed by atoms with Gasteiger partial charge in [0, 0.05) is 12.6 Å². The van der Waals surface area contributed by atoms with Gasteiger partial charge in [0.05, 0.1) is 12.4 Å². The molecule has 118 valence electrons. The Bertz CT molecular complexity index is 555. The number of hydrogen-bond acceptors (Lipinski definition) is 4. The highest BCUT2D eigenvalue weighted by Gasteiger charge is 2.29. The summed E-state index contributed by atoms with van der Waals surface area (Å²) in [4.78, 5) is 2.28. The summed E-state index contributed by atoms with van der Waals surface area (Å²) in [5.74, 6) is 0.621. The molecule has 0 radical (unpaired) electrons. The molecule has 2 N–H and O–H groups in total. The zero-order chi connectivity index (χ0) is 15.4. The zero-order valence-electron chi connectivity index (χ0n) is 12.6. The molecule has 1 aliphatic rings. The van der Waals surface area contributed by atoms with Crippen LogP contribution < -0.4 is 0 Å². The Labute approximate surface area is 131 Å². The third kappa shape index (κ3) is 3.58. The number of aliphatic hydroxyl groups excluding tert-OH is 2. The molecule has 4 heteroatoms. The maximum atomic E-state index is 10.4. The monoisotopic (exact) mass is 301 g/mol.